The van der Waals surface area contributed by atoms with Gasteiger partial charge < -0.3 is 4.90 Å². The van der Waals surface area contributed by atoms with Crippen LogP contribution in [0, 0.1) is 6.92 Å². The molecule has 2 heterocycles. The quantitative estimate of drug-likeness (QED) is 0.682. The molecule has 1 aromatic heterocycles. The highest BCUT2D eigenvalue weighted by atomic mass is 35.5. The minimum absolute atomic E-state index is 0.596. The largest absolute Gasteiger partial charge is 0.306 e. The molecule has 1 aliphatic rings. The fourth-order valence-corrected chi connectivity index (χ4v) is 2.43. The van der Waals surface area contributed by atoms with Crippen LogP contribution in [-0.2, 0) is 0 Å². The van der Waals surface area contributed by atoms with E-state index in [0.717, 1.165) is 13.1 Å². The van der Waals surface area contributed by atoms with Crippen LogP contribution in [0.15, 0.2) is 12.1 Å². The lowest BCUT2D eigenvalue weighted by Gasteiger charge is -2.28. The van der Waals surface area contributed by atoms with Gasteiger partial charge in [0.25, 0.3) is 0 Å². The van der Waals surface area contributed by atoms with Crippen LogP contribution in [0.4, 0.5) is 0 Å². The Morgan fingerprint density at radius 3 is 2.60 bits per heavy atom. The average Bonchev–Trinajstić information content (AvgIpc) is 2.17. The molecule has 1 aliphatic heterocycles. The van der Waals surface area contributed by atoms with E-state index in [9.17, 15) is 0 Å². The van der Waals surface area contributed by atoms with Gasteiger partial charge in [-0.15, -0.1) is 0 Å². The van der Waals surface area contributed by atoms with Crippen molar-refractivity contribution in [2.45, 2.75) is 25.7 Å². The van der Waals surface area contributed by atoms with Crippen molar-refractivity contribution in [3.63, 3.8) is 0 Å². The molecule has 1 aromatic rings. The third-order valence-electron chi connectivity index (χ3n) is 3.10. The van der Waals surface area contributed by atoms with E-state index < -0.39 is 0 Å². The number of aromatic nitrogens is 1. The molecule has 0 aromatic carbocycles. The Balaban J connectivity index is 2.15. The van der Waals surface area contributed by atoms with Crippen LogP contribution in [0.3, 0.4) is 0 Å². The van der Waals surface area contributed by atoms with Gasteiger partial charge in [0.2, 0.25) is 0 Å². The highest BCUT2D eigenvalue weighted by Gasteiger charge is 2.19. The van der Waals surface area contributed by atoms with Crippen LogP contribution < -0.4 is 0 Å². The standard InChI is InChI=1S/C12H17ClN2/c1-9-7-11(14-12(13)8-9)10-3-5-15(2)6-4-10/h7-8,10H,3-6H2,1-2H3. The predicted molar refractivity (Wildman–Crippen MR) is 63.5 cm³/mol. The molecule has 0 radical (unpaired) electrons. The monoisotopic (exact) mass is 224 g/mol. The normalized spacial score (nSPS) is 19.4. The summed E-state index contributed by atoms with van der Waals surface area (Å²) in [6, 6.07) is 4.09. The first-order valence-corrected chi connectivity index (χ1v) is 5.85. The summed E-state index contributed by atoms with van der Waals surface area (Å²) in [5.74, 6) is 0.596. The van der Waals surface area contributed by atoms with Crippen LogP contribution in [-0.4, -0.2) is 30.0 Å². The maximum absolute atomic E-state index is 5.98. The number of rotatable bonds is 1. The Labute approximate surface area is 96.3 Å². The summed E-state index contributed by atoms with van der Waals surface area (Å²) in [6.45, 7) is 4.40. The molecular formula is C12H17ClN2. The summed E-state index contributed by atoms with van der Waals surface area (Å²) in [7, 11) is 2.17. The third kappa shape index (κ3) is 2.70. The molecule has 15 heavy (non-hydrogen) atoms. The van der Waals surface area contributed by atoms with E-state index in [1.54, 1.807) is 0 Å². The highest BCUT2D eigenvalue weighted by molar-refractivity contribution is 6.29. The van der Waals surface area contributed by atoms with Crippen molar-refractivity contribution >= 4 is 11.6 Å². The smallest absolute Gasteiger partial charge is 0.129 e. The first-order chi connectivity index (χ1) is 7.15. The van der Waals surface area contributed by atoms with Gasteiger partial charge in [0.05, 0.1) is 0 Å². The molecule has 0 saturated carbocycles. The summed E-state index contributed by atoms with van der Waals surface area (Å²) >= 11 is 5.98. The number of hydrogen-bond acceptors (Lipinski definition) is 2. The Kier molecular flexibility index (Phi) is 3.27. The van der Waals surface area contributed by atoms with Gasteiger partial charge in [-0.25, -0.2) is 4.98 Å². The molecule has 2 nitrogen and oxygen atoms in total. The van der Waals surface area contributed by atoms with Crippen LogP contribution in [0.1, 0.15) is 30.0 Å². The summed E-state index contributed by atoms with van der Waals surface area (Å²) in [4.78, 5) is 6.80. The van der Waals surface area contributed by atoms with E-state index in [4.69, 9.17) is 11.6 Å². The molecule has 0 N–H and O–H groups in total. The fraction of sp³-hybridized carbons (Fsp3) is 0.583. The number of piperidine rings is 1. The Bertz CT molecular complexity index is 323. The van der Waals surface area contributed by atoms with Gasteiger partial charge in [0.15, 0.2) is 0 Å². The number of halogens is 1. The van der Waals surface area contributed by atoms with Crippen molar-refractivity contribution in [1.82, 2.24) is 9.88 Å². The number of likely N-dealkylation sites (tertiary alicyclic amines) is 1. The van der Waals surface area contributed by atoms with Crippen LogP contribution >= 0.6 is 11.6 Å². The maximum Gasteiger partial charge on any atom is 0.129 e. The number of nitrogens with zero attached hydrogens (tertiary/aromatic N) is 2. The lowest BCUT2D eigenvalue weighted by molar-refractivity contribution is 0.253. The fourth-order valence-electron chi connectivity index (χ4n) is 2.16. The molecular weight excluding hydrogens is 208 g/mol. The van der Waals surface area contributed by atoms with E-state index in [-0.39, 0.29) is 0 Å². The van der Waals surface area contributed by atoms with Crippen molar-refractivity contribution in [2.24, 2.45) is 0 Å². The lowest BCUT2D eigenvalue weighted by Crippen LogP contribution is -2.29. The second-order valence-electron chi connectivity index (χ2n) is 4.47. The summed E-state index contributed by atoms with van der Waals surface area (Å²) in [5.41, 5.74) is 2.39. The Hall–Kier alpha value is -0.600. The van der Waals surface area contributed by atoms with Gasteiger partial charge in [-0.1, -0.05) is 11.6 Å². The Morgan fingerprint density at radius 2 is 2.00 bits per heavy atom. The molecule has 0 aliphatic carbocycles. The maximum atomic E-state index is 5.98. The van der Waals surface area contributed by atoms with Gasteiger partial charge in [0.1, 0.15) is 5.15 Å². The van der Waals surface area contributed by atoms with Gasteiger partial charge in [-0.05, 0) is 57.6 Å². The van der Waals surface area contributed by atoms with Crippen molar-refractivity contribution in [3.05, 3.63) is 28.5 Å². The van der Waals surface area contributed by atoms with Crippen LogP contribution in [0.25, 0.3) is 0 Å². The summed E-state index contributed by atoms with van der Waals surface area (Å²) in [6.07, 6.45) is 2.40. The Morgan fingerprint density at radius 1 is 1.33 bits per heavy atom. The van der Waals surface area contributed by atoms with Crippen molar-refractivity contribution in [1.29, 1.82) is 0 Å². The molecule has 82 valence electrons. The van der Waals surface area contributed by atoms with Gasteiger partial charge in [0, 0.05) is 11.6 Å². The first kappa shape index (κ1) is 10.9. The van der Waals surface area contributed by atoms with E-state index in [1.165, 1.54) is 24.1 Å². The molecule has 0 amide bonds. The zero-order valence-electron chi connectivity index (χ0n) is 9.33. The SMILES string of the molecule is Cc1cc(Cl)nc(C2CCN(C)CC2)c1. The average molecular weight is 225 g/mol. The minimum Gasteiger partial charge on any atom is -0.306 e. The van der Waals surface area contributed by atoms with Crippen LogP contribution in [0.5, 0.6) is 0 Å². The molecule has 2 rings (SSSR count). The lowest BCUT2D eigenvalue weighted by atomic mass is 9.93. The molecule has 1 fully saturated rings. The number of pyridine rings is 1. The van der Waals surface area contributed by atoms with Gasteiger partial charge in [-0.2, -0.15) is 0 Å². The minimum atomic E-state index is 0.596. The number of hydrogen-bond donors (Lipinski definition) is 0. The molecule has 0 bridgehead atoms. The number of aryl methyl sites for hydroxylation is 1. The molecule has 3 heteroatoms. The van der Waals surface area contributed by atoms with E-state index in [2.05, 4.69) is 29.9 Å². The van der Waals surface area contributed by atoms with Gasteiger partial charge >= 0.3 is 0 Å². The highest BCUT2D eigenvalue weighted by Crippen LogP contribution is 2.27. The van der Waals surface area contributed by atoms with E-state index >= 15 is 0 Å². The van der Waals surface area contributed by atoms with Crippen molar-refractivity contribution in [3.8, 4) is 0 Å². The zero-order valence-corrected chi connectivity index (χ0v) is 10.1. The first-order valence-electron chi connectivity index (χ1n) is 5.48. The second-order valence-corrected chi connectivity index (χ2v) is 4.86. The second kappa shape index (κ2) is 4.50. The third-order valence-corrected chi connectivity index (χ3v) is 3.29. The van der Waals surface area contributed by atoms with Crippen molar-refractivity contribution < 1.29 is 0 Å². The van der Waals surface area contributed by atoms with Gasteiger partial charge in [-0.3, -0.25) is 0 Å². The predicted octanol–water partition coefficient (Wildman–Crippen LogP) is 2.85. The topological polar surface area (TPSA) is 16.1 Å². The van der Waals surface area contributed by atoms with E-state index in [0.29, 0.717) is 11.1 Å². The molecule has 1 saturated heterocycles. The van der Waals surface area contributed by atoms with Crippen molar-refractivity contribution in [2.75, 3.05) is 20.1 Å². The van der Waals surface area contributed by atoms with Crippen LogP contribution in [0.2, 0.25) is 5.15 Å². The molecule has 0 unspecified atom stereocenters. The summed E-state index contributed by atoms with van der Waals surface area (Å²) < 4.78 is 0. The molecule has 0 atom stereocenters. The zero-order chi connectivity index (χ0) is 10.8. The summed E-state index contributed by atoms with van der Waals surface area (Å²) in [5, 5.41) is 0.629. The van der Waals surface area contributed by atoms with E-state index in [1.807, 2.05) is 6.07 Å². The molecule has 0 spiro atoms.